The second-order valence-electron chi connectivity index (χ2n) is 2.10. The first kappa shape index (κ1) is 7.46. The van der Waals surface area contributed by atoms with E-state index in [2.05, 4.69) is 4.98 Å². The lowest BCUT2D eigenvalue weighted by Crippen LogP contribution is -1.98. The predicted molar refractivity (Wildman–Crippen MR) is 35.5 cm³/mol. The van der Waals surface area contributed by atoms with E-state index in [0.29, 0.717) is 0 Å². The third-order valence-corrected chi connectivity index (χ3v) is 1.20. The van der Waals surface area contributed by atoms with E-state index in [1.807, 2.05) is 0 Å². The highest BCUT2D eigenvalue weighted by Crippen LogP contribution is 2.21. The molecular weight excluding hydrogens is 150 g/mol. The van der Waals surface area contributed by atoms with Crippen LogP contribution in [0.1, 0.15) is 5.56 Å². The molecule has 60 valence electrons. The molecule has 1 aromatic heterocycles. The molecule has 11 heavy (non-hydrogen) atoms. The van der Waals surface area contributed by atoms with Crippen molar-refractivity contribution < 1.29 is 20.1 Å². The maximum absolute atomic E-state index is 10.1. The number of rotatable bonds is 2. The first-order valence-corrected chi connectivity index (χ1v) is 2.91. The maximum Gasteiger partial charge on any atom is 0.308 e. The standard InChI is InChI=1S/C6H7NO4/c8-4-1-3(2-5(9)10)6(11)7-4/h1,7-8,11H,2H2,(H,9,10). The molecule has 1 heterocycles. The fourth-order valence-electron chi connectivity index (χ4n) is 0.769. The summed E-state index contributed by atoms with van der Waals surface area (Å²) in [5.41, 5.74) is 0.176. The summed E-state index contributed by atoms with van der Waals surface area (Å²) in [5, 5.41) is 25.9. The van der Waals surface area contributed by atoms with E-state index >= 15 is 0 Å². The Labute approximate surface area is 61.9 Å². The van der Waals surface area contributed by atoms with Gasteiger partial charge in [-0.2, -0.15) is 0 Å². The Morgan fingerprint density at radius 3 is 2.55 bits per heavy atom. The highest BCUT2D eigenvalue weighted by molar-refractivity contribution is 5.71. The van der Waals surface area contributed by atoms with Gasteiger partial charge in [0, 0.05) is 11.6 Å². The van der Waals surface area contributed by atoms with Crippen molar-refractivity contribution in [2.24, 2.45) is 0 Å². The highest BCUT2D eigenvalue weighted by Gasteiger charge is 2.09. The van der Waals surface area contributed by atoms with Crippen molar-refractivity contribution in [1.29, 1.82) is 0 Å². The van der Waals surface area contributed by atoms with E-state index in [-0.39, 0.29) is 23.7 Å². The summed E-state index contributed by atoms with van der Waals surface area (Å²) >= 11 is 0. The van der Waals surface area contributed by atoms with E-state index < -0.39 is 5.97 Å². The second kappa shape index (κ2) is 2.53. The van der Waals surface area contributed by atoms with Crippen molar-refractivity contribution in [3.63, 3.8) is 0 Å². The third kappa shape index (κ3) is 1.64. The number of nitrogens with one attached hydrogen (secondary N) is 1. The van der Waals surface area contributed by atoms with Crippen molar-refractivity contribution in [2.45, 2.75) is 6.42 Å². The van der Waals surface area contributed by atoms with Crippen LogP contribution in [0.2, 0.25) is 0 Å². The molecule has 0 fully saturated rings. The van der Waals surface area contributed by atoms with Gasteiger partial charge in [-0.15, -0.1) is 0 Å². The fourth-order valence-corrected chi connectivity index (χ4v) is 0.769. The van der Waals surface area contributed by atoms with Gasteiger partial charge in [0.2, 0.25) is 0 Å². The van der Waals surface area contributed by atoms with Crippen LogP contribution >= 0.6 is 0 Å². The number of hydrogen-bond donors (Lipinski definition) is 4. The van der Waals surface area contributed by atoms with E-state index in [9.17, 15) is 4.79 Å². The fraction of sp³-hybridized carbons (Fsp3) is 0.167. The summed E-state index contributed by atoms with van der Waals surface area (Å²) in [6, 6.07) is 1.17. The minimum atomic E-state index is -1.06. The van der Waals surface area contributed by atoms with E-state index in [1.54, 1.807) is 0 Å². The Morgan fingerprint density at radius 2 is 2.18 bits per heavy atom. The van der Waals surface area contributed by atoms with Crippen molar-refractivity contribution in [3.8, 4) is 11.8 Å². The van der Waals surface area contributed by atoms with Crippen LogP contribution in [0.4, 0.5) is 0 Å². The first-order valence-electron chi connectivity index (χ1n) is 2.91. The Bertz CT molecular complexity index is 278. The molecule has 0 atom stereocenters. The van der Waals surface area contributed by atoms with E-state index in [1.165, 1.54) is 6.07 Å². The van der Waals surface area contributed by atoms with Gasteiger partial charge >= 0.3 is 5.97 Å². The average Bonchev–Trinajstić information content (AvgIpc) is 2.09. The molecule has 5 heteroatoms. The quantitative estimate of drug-likeness (QED) is 0.488. The zero-order valence-electron chi connectivity index (χ0n) is 5.53. The van der Waals surface area contributed by atoms with Crippen LogP contribution in [0.25, 0.3) is 0 Å². The Kier molecular flexibility index (Phi) is 1.72. The zero-order valence-corrected chi connectivity index (χ0v) is 5.53. The molecule has 0 aliphatic rings. The summed E-state index contributed by atoms with van der Waals surface area (Å²) in [4.78, 5) is 12.3. The lowest BCUT2D eigenvalue weighted by molar-refractivity contribution is -0.136. The molecule has 0 amide bonds. The van der Waals surface area contributed by atoms with Gasteiger partial charge in [0.1, 0.15) is 0 Å². The van der Waals surface area contributed by atoms with Gasteiger partial charge in [0.15, 0.2) is 11.8 Å². The summed E-state index contributed by atoms with van der Waals surface area (Å²) in [5.74, 6) is -1.59. The average molecular weight is 157 g/mol. The van der Waals surface area contributed by atoms with Crippen LogP contribution in [0.3, 0.4) is 0 Å². The third-order valence-electron chi connectivity index (χ3n) is 1.20. The number of aromatic amines is 1. The van der Waals surface area contributed by atoms with Crippen molar-refractivity contribution in [3.05, 3.63) is 11.6 Å². The second-order valence-corrected chi connectivity index (χ2v) is 2.10. The molecule has 0 aromatic carbocycles. The van der Waals surface area contributed by atoms with Gasteiger partial charge in [-0.25, -0.2) is 0 Å². The monoisotopic (exact) mass is 157 g/mol. The van der Waals surface area contributed by atoms with Gasteiger partial charge in [0.25, 0.3) is 0 Å². The molecule has 5 nitrogen and oxygen atoms in total. The minimum absolute atomic E-state index is 0.176. The maximum atomic E-state index is 10.1. The highest BCUT2D eigenvalue weighted by atomic mass is 16.4. The predicted octanol–water partition coefficient (Wildman–Crippen LogP) is 0.0530. The number of carboxylic acids is 1. The number of carbonyl (C=O) groups is 1. The molecule has 1 rings (SSSR count). The van der Waals surface area contributed by atoms with Crippen LogP contribution in [0.15, 0.2) is 6.07 Å². The van der Waals surface area contributed by atoms with Gasteiger partial charge in [0.05, 0.1) is 6.42 Å². The van der Waals surface area contributed by atoms with Gasteiger partial charge in [-0.3, -0.25) is 9.78 Å². The summed E-state index contributed by atoms with van der Waals surface area (Å²) < 4.78 is 0. The van der Waals surface area contributed by atoms with Crippen LogP contribution in [-0.4, -0.2) is 26.3 Å². The van der Waals surface area contributed by atoms with Gasteiger partial charge in [-0.05, 0) is 0 Å². The normalized spacial score (nSPS) is 9.82. The number of hydrogen-bond acceptors (Lipinski definition) is 3. The molecule has 0 bridgehead atoms. The van der Waals surface area contributed by atoms with Crippen LogP contribution in [-0.2, 0) is 11.2 Å². The first-order chi connectivity index (χ1) is 5.09. The molecular formula is C6H7NO4. The molecule has 1 aromatic rings. The molecule has 0 spiro atoms. The van der Waals surface area contributed by atoms with E-state index in [0.717, 1.165) is 0 Å². The van der Waals surface area contributed by atoms with E-state index in [4.69, 9.17) is 15.3 Å². The van der Waals surface area contributed by atoms with Crippen molar-refractivity contribution in [1.82, 2.24) is 4.98 Å². The van der Waals surface area contributed by atoms with Gasteiger partial charge < -0.3 is 15.3 Å². The van der Waals surface area contributed by atoms with Crippen LogP contribution < -0.4 is 0 Å². The summed E-state index contributed by atoms with van der Waals surface area (Å²) in [7, 11) is 0. The summed E-state index contributed by atoms with van der Waals surface area (Å²) in [6.07, 6.45) is -0.303. The minimum Gasteiger partial charge on any atom is -0.495 e. The van der Waals surface area contributed by atoms with Crippen LogP contribution in [0.5, 0.6) is 11.8 Å². The number of aliphatic carboxylic acids is 1. The van der Waals surface area contributed by atoms with Crippen molar-refractivity contribution in [2.75, 3.05) is 0 Å². The van der Waals surface area contributed by atoms with Crippen LogP contribution in [0, 0.1) is 0 Å². The molecule has 0 aliphatic heterocycles. The lowest BCUT2D eigenvalue weighted by atomic mass is 10.2. The SMILES string of the molecule is O=C(O)Cc1cc(O)[nH]c1O. The number of carboxylic acid groups (broad SMARTS) is 1. The Morgan fingerprint density at radius 1 is 1.55 bits per heavy atom. The Hall–Kier alpha value is -1.65. The van der Waals surface area contributed by atoms with Crippen molar-refractivity contribution >= 4 is 5.97 Å². The molecule has 0 aliphatic carbocycles. The topological polar surface area (TPSA) is 93.5 Å². The molecule has 0 saturated carbocycles. The lowest BCUT2D eigenvalue weighted by Gasteiger charge is -1.90. The molecule has 4 N–H and O–H groups in total. The molecule has 0 unspecified atom stereocenters. The molecule has 0 saturated heterocycles. The zero-order chi connectivity index (χ0) is 8.43. The number of aromatic hydroxyl groups is 2. The number of H-pyrrole nitrogens is 1. The molecule has 0 radical (unpaired) electrons. The smallest absolute Gasteiger partial charge is 0.308 e. The number of aromatic nitrogens is 1. The van der Waals surface area contributed by atoms with Gasteiger partial charge in [-0.1, -0.05) is 0 Å². The Balaban J connectivity index is 2.85. The largest absolute Gasteiger partial charge is 0.495 e. The summed E-state index contributed by atoms with van der Waals surface area (Å²) in [6.45, 7) is 0.